The van der Waals surface area contributed by atoms with Crippen LogP contribution in [0.1, 0.15) is 28.2 Å². The van der Waals surface area contributed by atoms with E-state index in [4.69, 9.17) is 5.26 Å². The molecule has 2 aromatic rings. The highest BCUT2D eigenvalue weighted by molar-refractivity contribution is 5.76. The summed E-state index contributed by atoms with van der Waals surface area (Å²) in [6.45, 7) is 5.40. The van der Waals surface area contributed by atoms with Crippen LogP contribution in [-0.2, 0) is 0 Å². The predicted molar refractivity (Wildman–Crippen MR) is 76.9 cm³/mol. The smallest absolute Gasteiger partial charge is 0.266 e. The number of hydrogen-bond acceptors (Lipinski definition) is 4. The van der Waals surface area contributed by atoms with Gasteiger partial charge in [-0.05, 0) is 44.5 Å². The van der Waals surface area contributed by atoms with Gasteiger partial charge < -0.3 is 0 Å². The van der Waals surface area contributed by atoms with E-state index in [-0.39, 0.29) is 5.56 Å². The first-order valence-electron chi connectivity index (χ1n) is 6.14. The molecule has 2 rings (SSSR count). The van der Waals surface area contributed by atoms with Gasteiger partial charge in [0.05, 0.1) is 11.9 Å². The molecule has 0 aliphatic rings. The van der Waals surface area contributed by atoms with Crippen molar-refractivity contribution in [1.29, 1.82) is 5.26 Å². The molecule has 20 heavy (non-hydrogen) atoms. The first-order chi connectivity index (χ1) is 9.52. The third kappa shape index (κ3) is 2.64. The Morgan fingerprint density at radius 2 is 2.10 bits per heavy atom. The van der Waals surface area contributed by atoms with Crippen molar-refractivity contribution in [3.8, 4) is 6.07 Å². The van der Waals surface area contributed by atoms with Crippen molar-refractivity contribution in [3.63, 3.8) is 0 Å². The van der Waals surface area contributed by atoms with Crippen molar-refractivity contribution in [3.05, 3.63) is 62.8 Å². The van der Waals surface area contributed by atoms with E-state index in [2.05, 4.69) is 10.1 Å². The Kier molecular flexibility index (Phi) is 3.76. The summed E-state index contributed by atoms with van der Waals surface area (Å²) in [6.07, 6.45) is 1.51. The summed E-state index contributed by atoms with van der Waals surface area (Å²) in [4.78, 5) is 16.4. The number of aryl methyl sites for hydroxylation is 3. The van der Waals surface area contributed by atoms with Gasteiger partial charge in [-0.2, -0.15) is 10.4 Å². The van der Waals surface area contributed by atoms with Crippen molar-refractivity contribution in [2.45, 2.75) is 20.8 Å². The minimum Gasteiger partial charge on any atom is -0.266 e. The van der Waals surface area contributed by atoms with Crippen LogP contribution in [0, 0.1) is 32.1 Å². The molecular formula is C15H14N4O. The van der Waals surface area contributed by atoms with Gasteiger partial charge >= 0.3 is 0 Å². The number of pyridine rings is 2. The number of aromatic nitrogens is 2. The van der Waals surface area contributed by atoms with Gasteiger partial charge in [-0.15, -0.1) is 0 Å². The summed E-state index contributed by atoms with van der Waals surface area (Å²) in [5, 5.41) is 13.1. The summed E-state index contributed by atoms with van der Waals surface area (Å²) in [6, 6.07) is 9.24. The van der Waals surface area contributed by atoms with Crippen molar-refractivity contribution in [2.75, 3.05) is 0 Å². The minimum absolute atomic E-state index is 0.116. The number of rotatable bonds is 2. The molecule has 2 aromatic heterocycles. The van der Waals surface area contributed by atoms with Crippen LogP contribution >= 0.6 is 0 Å². The molecule has 0 unspecified atom stereocenters. The fourth-order valence-corrected chi connectivity index (χ4v) is 1.91. The fourth-order valence-electron chi connectivity index (χ4n) is 1.91. The quantitative estimate of drug-likeness (QED) is 0.780. The van der Waals surface area contributed by atoms with Crippen molar-refractivity contribution in [2.24, 2.45) is 5.10 Å². The first-order valence-corrected chi connectivity index (χ1v) is 6.14. The van der Waals surface area contributed by atoms with Gasteiger partial charge in [-0.25, -0.2) is 4.68 Å². The van der Waals surface area contributed by atoms with Gasteiger partial charge in [0.15, 0.2) is 0 Å². The molecule has 0 N–H and O–H groups in total. The Bertz CT molecular complexity index is 781. The molecule has 5 heteroatoms. The highest BCUT2D eigenvalue weighted by Gasteiger charge is 2.08. The average Bonchev–Trinajstić information content (AvgIpc) is 2.38. The Morgan fingerprint density at radius 1 is 1.35 bits per heavy atom. The van der Waals surface area contributed by atoms with E-state index in [0.717, 1.165) is 5.69 Å². The number of nitriles is 1. The highest BCUT2D eigenvalue weighted by Crippen LogP contribution is 2.05. The number of hydrogen-bond donors (Lipinski definition) is 0. The highest BCUT2D eigenvalue weighted by atomic mass is 16.1. The van der Waals surface area contributed by atoms with E-state index in [9.17, 15) is 4.79 Å². The molecule has 0 bridgehead atoms. The summed E-state index contributed by atoms with van der Waals surface area (Å²) < 4.78 is 1.22. The van der Waals surface area contributed by atoms with Crippen LogP contribution in [0.3, 0.4) is 0 Å². The molecule has 0 aliphatic carbocycles. The minimum atomic E-state index is -0.408. The SMILES string of the molecule is Cc1cccc(C=Nn2c(C)cc(C)c(C#N)c2=O)n1. The Morgan fingerprint density at radius 3 is 2.75 bits per heavy atom. The Hall–Kier alpha value is -2.74. The Balaban J connectivity index is 2.50. The van der Waals surface area contributed by atoms with Crippen LogP contribution in [0.15, 0.2) is 34.2 Å². The van der Waals surface area contributed by atoms with E-state index in [1.54, 1.807) is 26.0 Å². The van der Waals surface area contributed by atoms with Crippen LogP contribution in [0.2, 0.25) is 0 Å². The monoisotopic (exact) mass is 266 g/mol. The van der Waals surface area contributed by atoms with Crippen LogP contribution in [0.4, 0.5) is 0 Å². The predicted octanol–water partition coefficient (Wildman–Crippen LogP) is 1.92. The normalized spacial score (nSPS) is 10.7. The van der Waals surface area contributed by atoms with Crippen molar-refractivity contribution >= 4 is 6.21 Å². The molecule has 0 aliphatic heterocycles. The summed E-state index contributed by atoms with van der Waals surface area (Å²) in [5.74, 6) is 0. The molecule has 5 nitrogen and oxygen atoms in total. The lowest BCUT2D eigenvalue weighted by Gasteiger charge is -2.06. The molecule has 0 atom stereocenters. The summed E-state index contributed by atoms with van der Waals surface area (Å²) >= 11 is 0. The maximum Gasteiger partial charge on any atom is 0.289 e. The van der Waals surface area contributed by atoms with E-state index in [1.807, 2.05) is 25.1 Å². The van der Waals surface area contributed by atoms with Crippen molar-refractivity contribution in [1.82, 2.24) is 9.66 Å². The molecule has 0 spiro atoms. The Labute approximate surface area is 116 Å². The average molecular weight is 266 g/mol. The molecular weight excluding hydrogens is 252 g/mol. The van der Waals surface area contributed by atoms with Crippen LogP contribution in [0.5, 0.6) is 0 Å². The van der Waals surface area contributed by atoms with Crippen molar-refractivity contribution < 1.29 is 0 Å². The standard InChI is InChI=1S/C15H14N4O/c1-10-7-12(3)19(15(20)14(10)8-16)17-9-13-6-4-5-11(2)18-13/h4-7,9H,1-3H3. The molecule has 0 fully saturated rings. The lowest BCUT2D eigenvalue weighted by atomic mass is 10.1. The number of nitrogens with zero attached hydrogens (tertiary/aromatic N) is 4. The molecule has 0 saturated carbocycles. The van der Waals surface area contributed by atoms with Gasteiger partial charge in [0.2, 0.25) is 0 Å². The zero-order valence-electron chi connectivity index (χ0n) is 11.6. The van der Waals surface area contributed by atoms with Gasteiger partial charge in [-0.3, -0.25) is 9.78 Å². The van der Waals surface area contributed by atoms with Gasteiger partial charge in [-0.1, -0.05) is 6.07 Å². The molecule has 0 amide bonds. The van der Waals surface area contributed by atoms with Gasteiger partial charge in [0.1, 0.15) is 11.6 Å². The van der Waals surface area contributed by atoms with E-state index in [0.29, 0.717) is 17.0 Å². The zero-order chi connectivity index (χ0) is 14.7. The first kappa shape index (κ1) is 13.7. The second kappa shape index (κ2) is 5.49. The van der Waals surface area contributed by atoms with E-state index >= 15 is 0 Å². The van der Waals surface area contributed by atoms with Gasteiger partial charge in [0.25, 0.3) is 5.56 Å². The maximum atomic E-state index is 12.1. The molecule has 100 valence electrons. The maximum absolute atomic E-state index is 12.1. The second-order valence-corrected chi connectivity index (χ2v) is 4.52. The van der Waals surface area contributed by atoms with Gasteiger partial charge in [0, 0.05) is 11.4 Å². The fraction of sp³-hybridized carbons (Fsp3) is 0.200. The largest absolute Gasteiger partial charge is 0.289 e. The second-order valence-electron chi connectivity index (χ2n) is 4.52. The molecule has 0 radical (unpaired) electrons. The molecule has 2 heterocycles. The molecule has 0 saturated heterocycles. The summed E-state index contributed by atoms with van der Waals surface area (Å²) in [5.41, 5.74) is 2.58. The lowest BCUT2D eigenvalue weighted by molar-refractivity contribution is 0.786. The van der Waals surface area contributed by atoms with E-state index in [1.165, 1.54) is 10.9 Å². The third-order valence-electron chi connectivity index (χ3n) is 2.89. The third-order valence-corrected chi connectivity index (χ3v) is 2.89. The topological polar surface area (TPSA) is 71.0 Å². The molecule has 0 aromatic carbocycles. The van der Waals surface area contributed by atoms with E-state index < -0.39 is 5.56 Å². The zero-order valence-corrected chi connectivity index (χ0v) is 11.6. The van der Waals surface area contributed by atoms with Crippen LogP contribution < -0.4 is 5.56 Å². The van der Waals surface area contributed by atoms with Crippen LogP contribution in [-0.4, -0.2) is 15.9 Å². The van der Waals surface area contributed by atoms with Crippen LogP contribution in [0.25, 0.3) is 0 Å². The lowest BCUT2D eigenvalue weighted by Crippen LogP contribution is -2.22. The summed E-state index contributed by atoms with van der Waals surface area (Å²) in [7, 11) is 0.